The Morgan fingerprint density at radius 2 is 1.90 bits per heavy atom. The number of nitrogens with one attached hydrogen (secondary N) is 2. The third-order valence-corrected chi connectivity index (χ3v) is 6.66. The van der Waals surface area contributed by atoms with Crippen molar-refractivity contribution in [2.75, 3.05) is 24.4 Å². The summed E-state index contributed by atoms with van der Waals surface area (Å²) in [5.41, 5.74) is 5.79. The quantitative estimate of drug-likeness (QED) is 0.254. The van der Waals surface area contributed by atoms with Crippen LogP contribution in [0, 0.1) is 0 Å². The smallest absolute Gasteiger partial charge is 0.270 e. The van der Waals surface area contributed by atoms with E-state index in [0.717, 1.165) is 42.1 Å². The molecule has 1 amide bonds. The van der Waals surface area contributed by atoms with Gasteiger partial charge >= 0.3 is 0 Å². The van der Waals surface area contributed by atoms with Crippen LogP contribution in [0.15, 0.2) is 72.8 Å². The number of halogens is 2. The van der Waals surface area contributed by atoms with Gasteiger partial charge in [0.05, 0.1) is 25.0 Å². The number of aromatic nitrogens is 4. The molecular weight excluding hydrogens is 514 g/mol. The SMILES string of the molecule is COCCn1cc(Nc2ncc(CC3=Cc4cc(C(=O)Nc5cccc(C(C)(F)F)c5)ccc4CC3)cn2)cn1. The molecule has 1 aliphatic carbocycles. The standard InChI is InChI=1S/C30H30F2N6O2/c1-30(31,32)25-4-3-5-26(15-25)36-28(39)23-9-8-22-7-6-20(13-24(22)14-23)12-21-16-33-29(34-17-21)37-27-18-35-38(19-27)10-11-40-2/h3-5,8-9,13-19H,6-7,10-12H2,1-2H3,(H,36,39)(H,33,34,37). The lowest BCUT2D eigenvalue weighted by atomic mass is 9.88. The number of amides is 1. The molecule has 4 aromatic rings. The van der Waals surface area contributed by atoms with Gasteiger partial charge in [-0.2, -0.15) is 5.10 Å². The highest BCUT2D eigenvalue weighted by atomic mass is 19.3. The summed E-state index contributed by atoms with van der Waals surface area (Å²) in [6.07, 6.45) is 11.8. The molecule has 2 aromatic heterocycles. The summed E-state index contributed by atoms with van der Waals surface area (Å²) in [5.74, 6) is -2.84. The molecule has 10 heteroatoms. The summed E-state index contributed by atoms with van der Waals surface area (Å²) in [6, 6.07) is 11.3. The summed E-state index contributed by atoms with van der Waals surface area (Å²) < 4.78 is 34.2. The van der Waals surface area contributed by atoms with Gasteiger partial charge in [-0.15, -0.1) is 0 Å². The van der Waals surface area contributed by atoms with Crippen LogP contribution in [0.3, 0.4) is 0 Å². The molecule has 40 heavy (non-hydrogen) atoms. The number of nitrogens with zero attached hydrogens (tertiary/aromatic N) is 4. The average molecular weight is 545 g/mol. The number of hydrogen-bond donors (Lipinski definition) is 2. The Labute approximate surface area is 231 Å². The van der Waals surface area contributed by atoms with Crippen molar-refractivity contribution >= 4 is 29.3 Å². The molecular formula is C30H30F2N6O2. The molecule has 0 saturated heterocycles. The molecule has 2 heterocycles. The highest BCUT2D eigenvalue weighted by Crippen LogP contribution is 2.30. The largest absolute Gasteiger partial charge is 0.383 e. The fourth-order valence-corrected chi connectivity index (χ4v) is 4.54. The van der Waals surface area contributed by atoms with Crippen molar-refractivity contribution in [3.8, 4) is 0 Å². The molecule has 206 valence electrons. The van der Waals surface area contributed by atoms with Crippen LogP contribution < -0.4 is 10.6 Å². The minimum atomic E-state index is -2.98. The molecule has 0 unspecified atom stereocenters. The van der Waals surface area contributed by atoms with Crippen molar-refractivity contribution in [2.24, 2.45) is 0 Å². The number of alkyl halides is 2. The van der Waals surface area contributed by atoms with E-state index in [4.69, 9.17) is 4.74 Å². The topological polar surface area (TPSA) is 94.0 Å². The van der Waals surface area contributed by atoms with Crippen molar-refractivity contribution in [2.45, 2.75) is 38.7 Å². The van der Waals surface area contributed by atoms with Crippen LogP contribution in [-0.2, 0) is 30.0 Å². The van der Waals surface area contributed by atoms with E-state index in [2.05, 4.69) is 31.8 Å². The molecule has 0 atom stereocenters. The van der Waals surface area contributed by atoms with Gasteiger partial charge in [-0.3, -0.25) is 9.48 Å². The summed E-state index contributed by atoms with van der Waals surface area (Å²) in [4.78, 5) is 21.8. The zero-order valence-electron chi connectivity index (χ0n) is 22.3. The fourth-order valence-electron chi connectivity index (χ4n) is 4.54. The van der Waals surface area contributed by atoms with Crippen LogP contribution >= 0.6 is 0 Å². The van der Waals surface area contributed by atoms with E-state index >= 15 is 0 Å². The number of methoxy groups -OCH3 is 1. The monoisotopic (exact) mass is 544 g/mol. The molecule has 2 aromatic carbocycles. The first-order chi connectivity index (χ1) is 19.3. The molecule has 0 radical (unpaired) electrons. The average Bonchev–Trinajstić information content (AvgIpc) is 3.39. The highest BCUT2D eigenvalue weighted by molar-refractivity contribution is 6.04. The second-order valence-electron chi connectivity index (χ2n) is 9.84. The first-order valence-electron chi connectivity index (χ1n) is 13.0. The predicted octanol–water partition coefficient (Wildman–Crippen LogP) is 6.00. The van der Waals surface area contributed by atoms with Crippen molar-refractivity contribution in [3.05, 3.63) is 101 Å². The Morgan fingerprint density at radius 1 is 1.07 bits per heavy atom. The van der Waals surface area contributed by atoms with Crippen LogP contribution in [0.4, 0.5) is 26.1 Å². The molecule has 8 nitrogen and oxygen atoms in total. The van der Waals surface area contributed by atoms with E-state index < -0.39 is 5.92 Å². The van der Waals surface area contributed by atoms with E-state index in [0.29, 0.717) is 36.8 Å². The number of benzene rings is 2. The summed E-state index contributed by atoms with van der Waals surface area (Å²) in [7, 11) is 1.65. The number of carbonyl (C=O) groups is 1. The van der Waals surface area contributed by atoms with Gasteiger partial charge in [-0.1, -0.05) is 29.8 Å². The van der Waals surface area contributed by atoms with Crippen LogP contribution in [0.5, 0.6) is 0 Å². The minimum absolute atomic E-state index is 0.148. The third-order valence-electron chi connectivity index (χ3n) is 6.66. The maximum absolute atomic E-state index is 13.7. The van der Waals surface area contributed by atoms with E-state index in [1.54, 1.807) is 42.5 Å². The first-order valence-corrected chi connectivity index (χ1v) is 13.0. The van der Waals surface area contributed by atoms with Crippen LogP contribution in [0.1, 0.15) is 46.0 Å². The number of fused-ring (bicyclic) bond motifs is 1. The zero-order chi connectivity index (χ0) is 28.1. The summed E-state index contributed by atoms with van der Waals surface area (Å²) >= 11 is 0. The van der Waals surface area contributed by atoms with Gasteiger partial charge in [0, 0.05) is 49.4 Å². The Bertz CT molecular complexity index is 1530. The maximum atomic E-state index is 13.7. The maximum Gasteiger partial charge on any atom is 0.270 e. The number of carbonyl (C=O) groups excluding carboxylic acids is 1. The van der Waals surface area contributed by atoms with E-state index in [-0.39, 0.29) is 11.5 Å². The number of rotatable bonds is 10. The van der Waals surface area contributed by atoms with Gasteiger partial charge in [0.2, 0.25) is 5.95 Å². The lowest BCUT2D eigenvalue weighted by molar-refractivity contribution is 0.0175. The molecule has 0 aliphatic heterocycles. The van der Waals surface area contributed by atoms with Gasteiger partial charge in [-0.25, -0.2) is 18.7 Å². The molecule has 2 N–H and O–H groups in total. The van der Waals surface area contributed by atoms with Crippen molar-refractivity contribution < 1.29 is 18.3 Å². The van der Waals surface area contributed by atoms with Crippen molar-refractivity contribution in [1.29, 1.82) is 0 Å². The number of allylic oxidation sites excluding steroid dienone is 1. The number of anilines is 3. The van der Waals surface area contributed by atoms with Gasteiger partial charge < -0.3 is 15.4 Å². The van der Waals surface area contributed by atoms with Crippen molar-refractivity contribution in [3.63, 3.8) is 0 Å². The van der Waals surface area contributed by atoms with Gasteiger partial charge in [0.1, 0.15) is 0 Å². The molecule has 0 saturated carbocycles. The summed E-state index contributed by atoms with van der Waals surface area (Å²) in [5, 5.41) is 10.2. The molecule has 0 bridgehead atoms. The summed E-state index contributed by atoms with van der Waals surface area (Å²) in [6.45, 7) is 2.08. The number of ether oxygens (including phenoxy) is 1. The van der Waals surface area contributed by atoms with E-state index in [9.17, 15) is 13.6 Å². The second kappa shape index (κ2) is 11.7. The zero-order valence-corrected chi connectivity index (χ0v) is 22.3. The molecule has 1 aliphatic rings. The minimum Gasteiger partial charge on any atom is -0.383 e. The second-order valence-corrected chi connectivity index (χ2v) is 9.84. The van der Waals surface area contributed by atoms with Crippen LogP contribution in [-0.4, -0.2) is 39.4 Å². The lowest BCUT2D eigenvalue weighted by Crippen LogP contribution is -2.14. The molecule has 0 spiro atoms. The lowest BCUT2D eigenvalue weighted by Gasteiger charge is -2.18. The highest BCUT2D eigenvalue weighted by Gasteiger charge is 2.24. The molecule has 5 rings (SSSR count). The molecule has 0 fully saturated rings. The van der Waals surface area contributed by atoms with Crippen LogP contribution in [0.25, 0.3) is 6.08 Å². The Hall–Kier alpha value is -4.44. The van der Waals surface area contributed by atoms with E-state index in [1.807, 2.05) is 18.3 Å². The van der Waals surface area contributed by atoms with Gasteiger partial charge in [0.25, 0.3) is 11.8 Å². The van der Waals surface area contributed by atoms with Gasteiger partial charge in [-0.05, 0) is 60.2 Å². The van der Waals surface area contributed by atoms with Gasteiger partial charge in [0.15, 0.2) is 0 Å². The third kappa shape index (κ3) is 6.76. The van der Waals surface area contributed by atoms with E-state index in [1.165, 1.54) is 23.8 Å². The predicted molar refractivity (Wildman–Crippen MR) is 150 cm³/mol. The first kappa shape index (κ1) is 27.1. The Kier molecular flexibility index (Phi) is 7.97. The Morgan fingerprint density at radius 3 is 2.67 bits per heavy atom. The van der Waals surface area contributed by atoms with Crippen LogP contribution in [0.2, 0.25) is 0 Å². The fraction of sp³-hybridized carbons (Fsp3) is 0.267. The number of hydrogen-bond acceptors (Lipinski definition) is 6. The Balaban J connectivity index is 1.23. The normalized spacial score (nSPS) is 12.9. The van der Waals surface area contributed by atoms with Crippen molar-refractivity contribution in [1.82, 2.24) is 19.7 Å². The number of aryl methyl sites for hydroxylation is 1.